The lowest BCUT2D eigenvalue weighted by atomic mass is 9.93. The Hall–Kier alpha value is -2.33. The van der Waals surface area contributed by atoms with Gasteiger partial charge in [0.2, 0.25) is 5.91 Å². The second-order valence-corrected chi connectivity index (χ2v) is 5.92. The lowest BCUT2D eigenvalue weighted by Gasteiger charge is -2.16. The monoisotopic (exact) mass is 311 g/mol. The standard InChI is InChI=1S/C19H21NO3/c1-12-7-8-17-16(10-18(21)20-17)19(12)14-5-4-6-15(9-14)23-13(2)11-22-3/h4-9,13H,10-11H2,1-3H3,(H,20,21). The van der Waals surface area contributed by atoms with Crippen LogP contribution < -0.4 is 10.1 Å². The zero-order valence-electron chi connectivity index (χ0n) is 13.7. The van der Waals surface area contributed by atoms with Gasteiger partial charge in [0, 0.05) is 12.8 Å². The predicted octanol–water partition coefficient (Wildman–Crippen LogP) is 3.57. The number of methoxy groups -OCH3 is 1. The van der Waals surface area contributed by atoms with Gasteiger partial charge in [0.25, 0.3) is 0 Å². The highest BCUT2D eigenvalue weighted by Crippen LogP contribution is 2.37. The summed E-state index contributed by atoms with van der Waals surface area (Å²) in [5.41, 5.74) is 5.32. The largest absolute Gasteiger partial charge is 0.488 e. The van der Waals surface area contributed by atoms with Crippen LogP contribution >= 0.6 is 0 Å². The minimum atomic E-state index is -0.0129. The summed E-state index contributed by atoms with van der Waals surface area (Å²) < 4.78 is 11.0. The number of fused-ring (bicyclic) bond motifs is 1. The van der Waals surface area contributed by atoms with E-state index in [2.05, 4.69) is 18.3 Å². The second kappa shape index (κ2) is 6.42. The van der Waals surface area contributed by atoms with E-state index in [1.807, 2.05) is 37.3 Å². The van der Waals surface area contributed by atoms with Crippen LogP contribution in [0.25, 0.3) is 11.1 Å². The summed E-state index contributed by atoms with van der Waals surface area (Å²) in [6.45, 7) is 4.59. The fourth-order valence-electron chi connectivity index (χ4n) is 3.05. The molecule has 0 saturated heterocycles. The van der Waals surface area contributed by atoms with E-state index in [0.29, 0.717) is 13.0 Å². The summed E-state index contributed by atoms with van der Waals surface area (Å²) in [4.78, 5) is 11.7. The first-order chi connectivity index (χ1) is 11.1. The quantitative estimate of drug-likeness (QED) is 0.918. The van der Waals surface area contributed by atoms with Gasteiger partial charge in [0.05, 0.1) is 13.0 Å². The maximum Gasteiger partial charge on any atom is 0.228 e. The highest BCUT2D eigenvalue weighted by atomic mass is 16.5. The fourth-order valence-corrected chi connectivity index (χ4v) is 3.05. The van der Waals surface area contributed by atoms with E-state index in [1.54, 1.807) is 7.11 Å². The molecule has 1 aliphatic rings. The van der Waals surface area contributed by atoms with Gasteiger partial charge in [-0.05, 0) is 54.3 Å². The van der Waals surface area contributed by atoms with E-state index in [0.717, 1.165) is 33.7 Å². The zero-order chi connectivity index (χ0) is 16.4. The van der Waals surface area contributed by atoms with E-state index >= 15 is 0 Å². The first kappa shape index (κ1) is 15.6. The topological polar surface area (TPSA) is 47.6 Å². The molecule has 120 valence electrons. The van der Waals surface area contributed by atoms with Gasteiger partial charge in [-0.2, -0.15) is 0 Å². The van der Waals surface area contributed by atoms with Gasteiger partial charge >= 0.3 is 0 Å². The number of carbonyl (C=O) groups is 1. The van der Waals surface area contributed by atoms with Crippen molar-refractivity contribution in [1.82, 2.24) is 0 Å². The van der Waals surface area contributed by atoms with Crippen molar-refractivity contribution < 1.29 is 14.3 Å². The van der Waals surface area contributed by atoms with Crippen molar-refractivity contribution in [1.29, 1.82) is 0 Å². The lowest BCUT2D eigenvalue weighted by molar-refractivity contribution is -0.115. The van der Waals surface area contributed by atoms with Crippen molar-refractivity contribution in [2.24, 2.45) is 0 Å². The molecule has 1 atom stereocenters. The Morgan fingerprint density at radius 1 is 1.26 bits per heavy atom. The molecule has 0 aliphatic carbocycles. The number of benzene rings is 2. The molecule has 3 rings (SSSR count). The molecule has 0 saturated carbocycles. The van der Waals surface area contributed by atoms with E-state index in [-0.39, 0.29) is 12.0 Å². The van der Waals surface area contributed by atoms with Crippen LogP contribution in [0.4, 0.5) is 5.69 Å². The normalized spacial score (nSPS) is 14.3. The molecule has 1 aliphatic heterocycles. The number of carbonyl (C=O) groups excluding carboxylic acids is 1. The highest BCUT2D eigenvalue weighted by molar-refractivity contribution is 6.02. The van der Waals surface area contributed by atoms with Crippen molar-refractivity contribution in [3.8, 4) is 16.9 Å². The van der Waals surface area contributed by atoms with E-state index in [1.165, 1.54) is 0 Å². The van der Waals surface area contributed by atoms with Gasteiger partial charge in [0.1, 0.15) is 11.9 Å². The maximum absolute atomic E-state index is 11.7. The molecule has 0 aromatic heterocycles. The van der Waals surface area contributed by atoms with Crippen molar-refractivity contribution >= 4 is 11.6 Å². The molecule has 1 heterocycles. The Bertz CT molecular complexity index is 739. The summed E-state index contributed by atoms with van der Waals surface area (Å²) >= 11 is 0. The minimum absolute atomic E-state index is 0.0129. The summed E-state index contributed by atoms with van der Waals surface area (Å²) in [7, 11) is 1.66. The Morgan fingerprint density at radius 3 is 2.87 bits per heavy atom. The van der Waals surface area contributed by atoms with Gasteiger partial charge in [-0.3, -0.25) is 4.79 Å². The molecule has 0 radical (unpaired) electrons. The molecule has 1 unspecified atom stereocenters. The van der Waals surface area contributed by atoms with Crippen LogP contribution in [0.5, 0.6) is 5.75 Å². The van der Waals surface area contributed by atoms with E-state index < -0.39 is 0 Å². The van der Waals surface area contributed by atoms with Crippen LogP contribution in [0.2, 0.25) is 0 Å². The van der Waals surface area contributed by atoms with Crippen LogP contribution in [0, 0.1) is 6.92 Å². The molecule has 0 spiro atoms. The average molecular weight is 311 g/mol. The number of hydrogen-bond acceptors (Lipinski definition) is 3. The molecule has 1 N–H and O–H groups in total. The highest BCUT2D eigenvalue weighted by Gasteiger charge is 2.22. The summed E-state index contributed by atoms with van der Waals surface area (Å²) in [5.74, 6) is 0.856. The third-order valence-corrected chi connectivity index (χ3v) is 3.99. The van der Waals surface area contributed by atoms with Gasteiger partial charge in [-0.1, -0.05) is 18.2 Å². The average Bonchev–Trinajstić information content (AvgIpc) is 2.88. The smallest absolute Gasteiger partial charge is 0.228 e. The van der Waals surface area contributed by atoms with Crippen molar-refractivity contribution in [3.05, 3.63) is 47.5 Å². The van der Waals surface area contributed by atoms with Gasteiger partial charge in [-0.25, -0.2) is 0 Å². The van der Waals surface area contributed by atoms with Crippen LogP contribution in [0.1, 0.15) is 18.1 Å². The molecular formula is C19H21NO3. The summed E-state index contributed by atoms with van der Waals surface area (Å²) in [5, 5.41) is 2.91. The third kappa shape index (κ3) is 3.22. The second-order valence-electron chi connectivity index (χ2n) is 5.92. The zero-order valence-corrected chi connectivity index (χ0v) is 13.7. The number of nitrogens with one attached hydrogen (secondary N) is 1. The Labute approximate surface area is 136 Å². The molecule has 2 aromatic rings. The van der Waals surface area contributed by atoms with Gasteiger partial charge in [-0.15, -0.1) is 0 Å². The minimum Gasteiger partial charge on any atom is -0.488 e. The molecule has 1 amide bonds. The number of aryl methyl sites for hydroxylation is 1. The van der Waals surface area contributed by atoms with Crippen molar-refractivity contribution in [3.63, 3.8) is 0 Å². The van der Waals surface area contributed by atoms with Crippen molar-refractivity contribution in [2.45, 2.75) is 26.4 Å². The molecule has 4 nitrogen and oxygen atoms in total. The third-order valence-electron chi connectivity index (χ3n) is 3.99. The summed E-state index contributed by atoms with van der Waals surface area (Å²) in [6, 6.07) is 12.0. The molecule has 23 heavy (non-hydrogen) atoms. The Balaban J connectivity index is 1.97. The first-order valence-electron chi connectivity index (χ1n) is 7.77. The van der Waals surface area contributed by atoms with Gasteiger partial charge < -0.3 is 14.8 Å². The van der Waals surface area contributed by atoms with E-state index in [4.69, 9.17) is 9.47 Å². The lowest BCUT2D eigenvalue weighted by Crippen LogP contribution is -2.17. The molecule has 2 aromatic carbocycles. The first-order valence-corrected chi connectivity index (χ1v) is 7.77. The van der Waals surface area contributed by atoms with Crippen LogP contribution in [0.3, 0.4) is 0 Å². The summed E-state index contributed by atoms with van der Waals surface area (Å²) in [6.07, 6.45) is 0.415. The number of rotatable bonds is 5. The predicted molar refractivity (Wildman–Crippen MR) is 90.9 cm³/mol. The maximum atomic E-state index is 11.7. The van der Waals surface area contributed by atoms with Crippen LogP contribution in [0.15, 0.2) is 36.4 Å². The Kier molecular flexibility index (Phi) is 4.35. The number of hydrogen-bond donors (Lipinski definition) is 1. The van der Waals surface area contributed by atoms with Gasteiger partial charge in [0.15, 0.2) is 0 Å². The van der Waals surface area contributed by atoms with Crippen LogP contribution in [-0.4, -0.2) is 25.7 Å². The number of ether oxygens (including phenoxy) is 2. The van der Waals surface area contributed by atoms with Crippen molar-refractivity contribution in [2.75, 3.05) is 19.0 Å². The number of anilines is 1. The molecular weight excluding hydrogens is 290 g/mol. The fraction of sp³-hybridized carbons (Fsp3) is 0.316. The number of amides is 1. The Morgan fingerprint density at radius 2 is 2.09 bits per heavy atom. The molecule has 0 fully saturated rings. The SMILES string of the molecule is COCC(C)Oc1cccc(-c2c(C)ccc3c2CC(=O)N3)c1. The van der Waals surface area contributed by atoms with Crippen LogP contribution in [-0.2, 0) is 16.0 Å². The van der Waals surface area contributed by atoms with E-state index in [9.17, 15) is 4.79 Å². The molecule has 0 bridgehead atoms. The molecule has 4 heteroatoms.